The van der Waals surface area contributed by atoms with Crippen molar-refractivity contribution in [2.24, 2.45) is 0 Å². The van der Waals surface area contributed by atoms with E-state index >= 15 is 0 Å². The summed E-state index contributed by atoms with van der Waals surface area (Å²) in [4.78, 5) is 11.7. The molecule has 0 N–H and O–H groups in total. The Balaban J connectivity index is 1.69. The van der Waals surface area contributed by atoms with Crippen LogP contribution in [0.1, 0.15) is 4.88 Å². The van der Waals surface area contributed by atoms with Gasteiger partial charge in [-0.2, -0.15) is 0 Å². The fourth-order valence-corrected chi connectivity index (χ4v) is 4.16. The zero-order chi connectivity index (χ0) is 14.2. The maximum Gasteiger partial charge on any atom is 0.283 e. The third-order valence-corrected chi connectivity index (χ3v) is 5.41. The van der Waals surface area contributed by atoms with Gasteiger partial charge in [-0.15, -0.1) is 32.9 Å². The normalized spacial score (nSPS) is 11.3. The van der Waals surface area contributed by atoms with Crippen molar-refractivity contribution in [1.82, 2.24) is 20.2 Å². The van der Waals surface area contributed by atoms with Crippen LogP contribution in [-0.2, 0) is 0 Å². The van der Waals surface area contributed by atoms with Crippen molar-refractivity contribution in [2.75, 3.05) is 0 Å². The van der Waals surface area contributed by atoms with E-state index in [1.54, 1.807) is 29.0 Å². The largest absolute Gasteiger partial charge is 0.410 e. The van der Waals surface area contributed by atoms with Crippen molar-refractivity contribution in [2.45, 2.75) is 17.2 Å². The van der Waals surface area contributed by atoms with E-state index in [4.69, 9.17) is 4.42 Å². The number of aryl methyl sites for hydroxylation is 1. The van der Waals surface area contributed by atoms with Crippen molar-refractivity contribution >= 4 is 44.7 Å². The van der Waals surface area contributed by atoms with E-state index in [0.29, 0.717) is 11.1 Å². The highest BCUT2D eigenvalue weighted by atomic mass is 32.2. The monoisotopic (exact) mass is 332 g/mol. The molecule has 5 nitrogen and oxygen atoms in total. The minimum Gasteiger partial charge on any atom is -0.410 e. The van der Waals surface area contributed by atoms with Crippen molar-refractivity contribution in [1.29, 1.82) is 0 Å². The van der Waals surface area contributed by atoms with Crippen LogP contribution in [0.5, 0.6) is 0 Å². The van der Waals surface area contributed by atoms with Gasteiger partial charge in [0.15, 0.2) is 0 Å². The Morgan fingerprint density at radius 1 is 1.24 bits per heavy atom. The third kappa shape index (κ3) is 2.45. The molecule has 4 heterocycles. The number of aromatic nitrogens is 4. The molecule has 0 bridgehead atoms. The quantitative estimate of drug-likeness (QED) is 0.522. The highest BCUT2D eigenvalue weighted by Crippen LogP contribution is 2.35. The molecule has 0 radical (unpaired) electrons. The summed E-state index contributed by atoms with van der Waals surface area (Å²) in [6, 6.07) is 6.00. The molecule has 0 aliphatic carbocycles. The zero-order valence-electron chi connectivity index (χ0n) is 10.8. The van der Waals surface area contributed by atoms with Gasteiger partial charge in [0.1, 0.15) is 16.2 Å². The Morgan fingerprint density at radius 3 is 3.05 bits per heavy atom. The molecule has 0 saturated carbocycles. The summed E-state index contributed by atoms with van der Waals surface area (Å²) in [6.07, 6.45) is 1.57. The average molecular weight is 332 g/mol. The number of hydrogen-bond donors (Lipinski definition) is 0. The molecule has 0 atom stereocenters. The Hall–Kier alpha value is -1.77. The van der Waals surface area contributed by atoms with E-state index in [-0.39, 0.29) is 0 Å². The molecule has 0 fully saturated rings. The molecule has 21 heavy (non-hydrogen) atoms. The molecule has 4 aromatic rings. The Morgan fingerprint density at radius 2 is 2.19 bits per heavy atom. The molecule has 0 amide bonds. The number of rotatable bonds is 3. The number of fused-ring (bicyclic) bond motifs is 1. The molecule has 0 saturated heterocycles. The maximum atomic E-state index is 5.68. The summed E-state index contributed by atoms with van der Waals surface area (Å²) < 4.78 is 5.68. The molecular formula is C13H8N4OS3. The first kappa shape index (κ1) is 12.9. The molecule has 0 aliphatic heterocycles. The molecule has 0 aromatic carbocycles. The predicted octanol–water partition coefficient (Wildman–Crippen LogP) is 4.26. The lowest BCUT2D eigenvalue weighted by Gasteiger charge is -1.96. The van der Waals surface area contributed by atoms with Crippen molar-refractivity contribution in [3.8, 4) is 10.8 Å². The number of thiophene rings is 2. The molecule has 0 aliphatic rings. The van der Waals surface area contributed by atoms with Gasteiger partial charge in [0.2, 0.25) is 0 Å². The summed E-state index contributed by atoms with van der Waals surface area (Å²) in [6.45, 7) is 2.06. The lowest BCUT2D eigenvalue weighted by atomic mass is 10.4. The predicted molar refractivity (Wildman–Crippen MR) is 83.9 cm³/mol. The standard InChI is InChI=1S/C13H8N4OS3/c1-7-5-8-11(20-7)14-6-15-12(8)21-13-17-16-10(18-13)9-3-2-4-19-9/h2-6H,1H3. The summed E-state index contributed by atoms with van der Waals surface area (Å²) in [5.74, 6) is 0.541. The van der Waals surface area contributed by atoms with Gasteiger partial charge in [-0.25, -0.2) is 9.97 Å². The van der Waals surface area contributed by atoms with Gasteiger partial charge in [-0.05, 0) is 36.2 Å². The van der Waals surface area contributed by atoms with Crippen LogP contribution in [0.25, 0.3) is 21.0 Å². The van der Waals surface area contributed by atoms with Crippen LogP contribution in [0.3, 0.4) is 0 Å². The van der Waals surface area contributed by atoms with E-state index in [1.807, 2.05) is 17.5 Å². The Kier molecular flexibility index (Phi) is 3.21. The second-order valence-corrected chi connectivity index (χ2v) is 7.33. The van der Waals surface area contributed by atoms with Gasteiger partial charge >= 0.3 is 0 Å². The van der Waals surface area contributed by atoms with E-state index in [9.17, 15) is 0 Å². The van der Waals surface area contributed by atoms with E-state index in [1.165, 1.54) is 16.6 Å². The Bertz CT molecular complexity index is 897. The zero-order valence-corrected chi connectivity index (χ0v) is 13.3. The van der Waals surface area contributed by atoms with Gasteiger partial charge < -0.3 is 4.42 Å². The Labute approximate surface area is 132 Å². The van der Waals surface area contributed by atoms with Gasteiger partial charge in [-0.3, -0.25) is 0 Å². The van der Waals surface area contributed by atoms with Gasteiger partial charge in [0.05, 0.1) is 4.88 Å². The first-order valence-corrected chi connectivity index (χ1v) is 8.57. The summed E-state index contributed by atoms with van der Waals surface area (Å²) >= 11 is 4.59. The highest BCUT2D eigenvalue weighted by molar-refractivity contribution is 7.99. The fraction of sp³-hybridized carbons (Fsp3) is 0.0769. The summed E-state index contributed by atoms with van der Waals surface area (Å²) in [5.41, 5.74) is 0. The third-order valence-electron chi connectivity index (χ3n) is 2.74. The molecule has 104 valence electrons. The molecule has 0 spiro atoms. The van der Waals surface area contributed by atoms with Crippen LogP contribution in [0.2, 0.25) is 0 Å². The average Bonchev–Trinajstić information content (AvgIpc) is 3.16. The van der Waals surface area contributed by atoms with Crippen LogP contribution in [0.15, 0.2) is 44.6 Å². The fourth-order valence-electron chi connectivity index (χ4n) is 1.87. The molecular weight excluding hydrogens is 324 g/mol. The van der Waals surface area contributed by atoms with Crippen LogP contribution < -0.4 is 0 Å². The summed E-state index contributed by atoms with van der Waals surface area (Å²) in [5, 5.41) is 12.5. The SMILES string of the molecule is Cc1cc2c(Sc3nnc(-c4cccs4)o3)ncnc2s1. The van der Waals surface area contributed by atoms with E-state index in [0.717, 1.165) is 20.1 Å². The van der Waals surface area contributed by atoms with Crippen molar-refractivity contribution in [3.63, 3.8) is 0 Å². The van der Waals surface area contributed by atoms with Gasteiger partial charge in [-0.1, -0.05) is 6.07 Å². The number of nitrogens with zero attached hydrogens (tertiary/aromatic N) is 4. The van der Waals surface area contributed by atoms with Crippen LogP contribution in [0, 0.1) is 6.92 Å². The van der Waals surface area contributed by atoms with E-state index < -0.39 is 0 Å². The van der Waals surface area contributed by atoms with Gasteiger partial charge in [0, 0.05) is 10.3 Å². The minimum atomic E-state index is 0.488. The molecule has 4 rings (SSSR count). The first-order valence-electron chi connectivity index (χ1n) is 6.06. The van der Waals surface area contributed by atoms with E-state index in [2.05, 4.69) is 33.2 Å². The van der Waals surface area contributed by atoms with Crippen LogP contribution in [0.4, 0.5) is 0 Å². The molecule has 8 heteroatoms. The van der Waals surface area contributed by atoms with Gasteiger partial charge in [0.25, 0.3) is 11.1 Å². The molecule has 0 unspecified atom stereocenters. The van der Waals surface area contributed by atoms with Crippen molar-refractivity contribution in [3.05, 3.63) is 34.8 Å². The lowest BCUT2D eigenvalue weighted by molar-refractivity contribution is 0.466. The van der Waals surface area contributed by atoms with Crippen LogP contribution in [-0.4, -0.2) is 20.2 Å². The minimum absolute atomic E-state index is 0.488. The second kappa shape index (κ2) is 5.21. The smallest absolute Gasteiger partial charge is 0.283 e. The van der Waals surface area contributed by atoms with Crippen LogP contribution >= 0.6 is 34.4 Å². The maximum absolute atomic E-state index is 5.68. The lowest BCUT2D eigenvalue weighted by Crippen LogP contribution is -1.83. The second-order valence-electron chi connectivity index (χ2n) is 4.21. The number of hydrogen-bond acceptors (Lipinski definition) is 8. The highest BCUT2D eigenvalue weighted by Gasteiger charge is 2.14. The molecule has 4 aromatic heterocycles. The topological polar surface area (TPSA) is 64.7 Å². The first-order chi connectivity index (χ1) is 10.3. The van der Waals surface area contributed by atoms with Crippen molar-refractivity contribution < 1.29 is 4.42 Å². The summed E-state index contributed by atoms with van der Waals surface area (Å²) in [7, 11) is 0.